The lowest BCUT2D eigenvalue weighted by atomic mass is 9.95. The second kappa shape index (κ2) is 15.3. The number of alkyl carbamates (subject to hydrolysis) is 2. The van der Waals surface area contributed by atoms with Gasteiger partial charge in [-0.15, -0.1) is 0 Å². The summed E-state index contributed by atoms with van der Waals surface area (Å²) in [4.78, 5) is 67.3. The van der Waals surface area contributed by atoms with Gasteiger partial charge in [0.15, 0.2) is 0 Å². The molecular weight excluding hydrogens is 674 g/mol. The summed E-state index contributed by atoms with van der Waals surface area (Å²) in [6.07, 6.45) is 8.16. The largest absolute Gasteiger partial charge is 0.453 e. The molecule has 3 fully saturated rings. The van der Waals surface area contributed by atoms with Crippen molar-refractivity contribution in [2.24, 2.45) is 10.9 Å². The van der Waals surface area contributed by atoms with E-state index in [2.05, 4.69) is 69.1 Å². The highest BCUT2D eigenvalue weighted by molar-refractivity contribution is 6.04. The van der Waals surface area contributed by atoms with Gasteiger partial charge < -0.3 is 34.9 Å². The minimum absolute atomic E-state index is 0.0489. The van der Waals surface area contributed by atoms with Crippen LogP contribution in [0.25, 0.3) is 28.0 Å². The number of carbonyl (C=O) groups is 4. The molecule has 3 aromatic rings. The number of methoxy groups -OCH3 is 2. The Bertz CT molecular complexity index is 1920. The fourth-order valence-corrected chi connectivity index (χ4v) is 8.22. The molecule has 3 N–H and O–H groups in total. The van der Waals surface area contributed by atoms with E-state index in [9.17, 15) is 19.2 Å². The van der Waals surface area contributed by atoms with Crippen LogP contribution in [0.4, 0.5) is 9.59 Å². The third-order valence-electron chi connectivity index (χ3n) is 11.1. The van der Waals surface area contributed by atoms with Crippen molar-refractivity contribution >= 4 is 35.3 Å². The summed E-state index contributed by atoms with van der Waals surface area (Å²) in [5.41, 5.74) is 7.25. The number of H-pyrrole nitrogens is 1. The predicted molar refractivity (Wildman–Crippen MR) is 200 cm³/mol. The number of benzene rings is 2. The van der Waals surface area contributed by atoms with Crippen LogP contribution in [0.2, 0.25) is 0 Å². The molecule has 5 heterocycles. The fourth-order valence-electron chi connectivity index (χ4n) is 8.22. The van der Waals surface area contributed by atoms with E-state index < -0.39 is 24.3 Å². The van der Waals surface area contributed by atoms with Crippen LogP contribution in [0.15, 0.2) is 65.9 Å². The van der Waals surface area contributed by atoms with Gasteiger partial charge in [-0.25, -0.2) is 14.6 Å². The summed E-state index contributed by atoms with van der Waals surface area (Å²) in [5, 5.41) is 5.40. The standard InChI is InChI=1S/C40H47N7O6/c1-23(2)35(45-40(51)53-4)38(49)46-19-5-6-34(46)36-42-22-32(43-36)27-13-11-25(12-14-27)24-7-9-26(10-8-24)28-20-31(41-21-28)33-18-16-29-15-17-30(37(48)47(29)33)44-39(50)52-3/h7-14,21-23,29-30,33-35H,5-6,15-20H2,1-4H3,(H,42,43)(H,44,50)(H,45,51)/t29-,30-,33-,34-,35-/m0/s1. The topological polar surface area (TPSA) is 158 Å². The molecule has 53 heavy (non-hydrogen) atoms. The van der Waals surface area contributed by atoms with E-state index in [-0.39, 0.29) is 35.9 Å². The molecule has 0 radical (unpaired) electrons. The quantitative estimate of drug-likeness (QED) is 0.250. The molecule has 2 aromatic carbocycles. The minimum atomic E-state index is -0.681. The number of allylic oxidation sites excluding steroid dienone is 1. The van der Waals surface area contributed by atoms with Gasteiger partial charge >= 0.3 is 12.2 Å². The highest BCUT2D eigenvalue weighted by atomic mass is 16.5. The molecule has 3 saturated heterocycles. The normalized spacial score (nSPS) is 23.0. The first-order chi connectivity index (χ1) is 25.6. The Kier molecular flexibility index (Phi) is 10.3. The molecule has 0 saturated carbocycles. The fraction of sp³-hybridized carbons (Fsp3) is 0.450. The van der Waals surface area contributed by atoms with E-state index in [1.165, 1.54) is 14.2 Å². The van der Waals surface area contributed by atoms with Gasteiger partial charge in [-0.3, -0.25) is 14.6 Å². The van der Waals surface area contributed by atoms with Gasteiger partial charge in [-0.05, 0) is 72.3 Å². The first kappa shape index (κ1) is 35.9. The molecule has 1 aromatic heterocycles. The zero-order valence-electron chi connectivity index (χ0n) is 30.6. The number of carbonyl (C=O) groups excluding carboxylic acids is 4. The Hall–Kier alpha value is -5.46. The van der Waals surface area contributed by atoms with Gasteiger partial charge in [0.2, 0.25) is 11.8 Å². The number of imidazole rings is 1. The van der Waals surface area contributed by atoms with Gasteiger partial charge in [-0.1, -0.05) is 62.4 Å². The Morgan fingerprint density at radius 3 is 2.19 bits per heavy atom. The van der Waals surface area contributed by atoms with E-state index in [0.717, 1.165) is 77.2 Å². The zero-order valence-corrected chi connectivity index (χ0v) is 30.6. The molecule has 13 heteroatoms. The van der Waals surface area contributed by atoms with E-state index in [4.69, 9.17) is 14.5 Å². The smallest absolute Gasteiger partial charge is 0.407 e. The van der Waals surface area contributed by atoms with Crippen molar-refractivity contribution in [3.63, 3.8) is 0 Å². The molecular formula is C40H47N7O6. The van der Waals surface area contributed by atoms with Crippen molar-refractivity contribution in [3.8, 4) is 22.4 Å². The van der Waals surface area contributed by atoms with Gasteiger partial charge in [0.1, 0.15) is 17.9 Å². The number of nitrogens with zero attached hydrogens (tertiary/aromatic N) is 4. The molecule has 0 bridgehead atoms. The molecule has 7 rings (SSSR count). The van der Waals surface area contributed by atoms with Crippen molar-refractivity contribution in [1.82, 2.24) is 30.4 Å². The number of rotatable bonds is 9. The van der Waals surface area contributed by atoms with Crippen LogP contribution < -0.4 is 10.6 Å². The van der Waals surface area contributed by atoms with Gasteiger partial charge in [0.05, 0.1) is 38.2 Å². The third-order valence-corrected chi connectivity index (χ3v) is 11.1. The maximum Gasteiger partial charge on any atom is 0.407 e. The summed E-state index contributed by atoms with van der Waals surface area (Å²) < 4.78 is 9.48. The summed E-state index contributed by atoms with van der Waals surface area (Å²) >= 11 is 0. The minimum Gasteiger partial charge on any atom is -0.453 e. The van der Waals surface area contributed by atoms with Gasteiger partial charge in [-0.2, -0.15) is 0 Å². The average molecular weight is 722 g/mol. The molecule has 0 spiro atoms. The van der Waals surface area contributed by atoms with Crippen molar-refractivity contribution in [2.45, 2.75) is 89.0 Å². The van der Waals surface area contributed by atoms with Crippen LogP contribution in [0.5, 0.6) is 0 Å². The number of amides is 4. The molecule has 0 unspecified atom stereocenters. The molecule has 4 aliphatic heterocycles. The first-order valence-electron chi connectivity index (χ1n) is 18.5. The molecule has 5 atom stereocenters. The number of fused-ring (bicyclic) bond motifs is 1. The summed E-state index contributed by atoms with van der Waals surface area (Å²) in [7, 11) is 2.60. The molecule has 4 amide bonds. The third kappa shape index (κ3) is 7.29. The number of nitrogens with one attached hydrogen (secondary N) is 3. The number of aromatic nitrogens is 2. The van der Waals surface area contributed by atoms with E-state index in [1.807, 2.05) is 36.0 Å². The number of piperidine rings is 1. The van der Waals surface area contributed by atoms with E-state index in [0.29, 0.717) is 19.4 Å². The second-order valence-corrected chi connectivity index (χ2v) is 14.6. The number of hydrogen-bond donors (Lipinski definition) is 3. The highest BCUT2D eigenvalue weighted by Gasteiger charge is 2.46. The number of aromatic amines is 1. The zero-order chi connectivity index (χ0) is 37.2. The van der Waals surface area contributed by atoms with Crippen molar-refractivity contribution in [3.05, 3.63) is 72.3 Å². The molecule has 4 aliphatic rings. The van der Waals surface area contributed by atoms with Crippen LogP contribution in [0.1, 0.15) is 76.2 Å². The SMILES string of the molecule is COC(=O)N[C@H]1CC[C@H]2CC[C@@H](C3=NC=C(c4ccc(-c5ccc(-c6cnc([C@@H]7CCCN7C(=O)[C@@H](NC(=O)OC)C(C)C)[nH]6)cc5)cc4)C3)N2C1=O. The maximum absolute atomic E-state index is 13.5. The summed E-state index contributed by atoms with van der Waals surface area (Å²) in [6.45, 7) is 4.41. The van der Waals surface area contributed by atoms with Crippen LogP contribution in [-0.2, 0) is 19.1 Å². The lowest BCUT2D eigenvalue weighted by Gasteiger charge is -2.38. The Morgan fingerprint density at radius 2 is 1.51 bits per heavy atom. The van der Waals surface area contributed by atoms with Crippen molar-refractivity contribution < 1.29 is 28.7 Å². The number of aliphatic imine (C=N–C) groups is 1. The van der Waals surface area contributed by atoms with Crippen molar-refractivity contribution in [1.29, 1.82) is 0 Å². The first-order valence-corrected chi connectivity index (χ1v) is 18.5. The van der Waals surface area contributed by atoms with E-state index in [1.54, 1.807) is 0 Å². The highest BCUT2D eigenvalue weighted by Crippen LogP contribution is 2.38. The van der Waals surface area contributed by atoms with Gasteiger partial charge in [0, 0.05) is 30.9 Å². The molecule has 0 aliphatic carbocycles. The van der Waals surface area contributed by atoms with E-state index >= 15 is 0 Å². The maximum atomic E-state index is 13.5. The predicted octanol–water partition coefficient (Wildman–Crippen LogP) is 5.85. The lowest BCUT2D eigenvalue weighted by Crippen LogP contribution is -2.57. The summed E-state index contributed by atoms with van der Waals surface area (Å²) in [6, 6.07) is 15.5. The van der Waals surface area contributed by atoms with Crippen LogP contribution >= 0.6 is 0 Å². The average Bonchev–Trinajstić information content (AvgIpc) is 4.01. The van der Waals surface area contributed by atoms with Crippen molar-refractivity contribution in [2.75, 3.05) is 20.8 Å². The molecule has 13 nitrogen and oxygen atoms in total. The van der Waals surface area contributed by atoms with Crippen LogP contribution in [0, 0.1) is 5.92 Å². The summed E-state index contributed by atoms with van der Waals surface area (Å²) in [5.74, 6) is 0.448. The van der Waals surface area contributed by atoms with Crippen LogP contribution in [0.3, 0.4) is 0 Å². The van der Waals surface area contributed by atoms with Gasteiger partial charge in [0.25, 0.3) is 0 Å². The monoisotopic (exact) mass is 721 g/mol. The number of ether oxygens (including phenoxy) is 2. The Morgan fingerprint density at radius 1 is 0.849 bits per heavy atom. The lowest BCUT2D eigenvalue weighted by molar-refractivity contribution is -0.138. The second-order valence-electron chi connectivity index (χ2n) is 14.6. The Labute approximate surface area is 309 Å². The van der Waals surface area contributed by atoms with Crippen LogP contribution in [-0.4, -0.2) is 94.4 Å². The number of likely N-dealkylation sites (tertiary alicyclic amines) is 1. The number of hydrogen-bond acceptors (Lipinski definition) is 8. The molecule has 278 valence electrons. The Balaban J connectivity index is 0.970.